The second-order valence-electron chi connectivity index (χ2n) is 6.08. The Hall–Kier alpha value is -2.99. The molecule has 0 aliphatic heterocycles. The second-order valence-corrected chi connectivity index (χ2v) is 8.87. The van der Waals surface area contributed by atoms with Gasteiger partial charge in [0.1, 0.15) is 5.01 Å². The van der Waals surface area contributed by atoms with Crippen molar-refractivity contribution in [1.82, 2.24) is 15.0 Å². The molecular formula is C18H14F3N3O4S2. The van der Waals surface area contributed by atoms with E-state index in [1.807, 2.05) is 48.5 Å². The van der Waals surface area contributed by atoms with Crippen LogP contribution in [-0.2, 0) is 26.0 Å². The first-order valence-corrected chi connectivity index (χ1v) is 10.7. The molecule has 0 radical (unpaired) electrons. The zero-order valence-electron chi connectivity index (χ0n) is 15.1. The average molecular weight is 457 g/mol. The van der Waals surface area contributed by atoms with Gasteiger partial charge in [0.25, 0.3) is 5.91 Å². The lowest BCUT2D eigenvalue weighted by Crippen LogP contribution is -2.45. The molecule has 2 N–H and O–H groups in total. The van der Waals surface area contributed by atoms with Crippen molar-refractivity contribution in [3.05, 3.63) is 53.5 Å². The number of amides is 2. The van der Waals surface area contributed by atoms with Crippen molar-refractivity contribution < 1.29 is 31.2 Å². The molecule has 0 spiro atoms. The summed E-state index contributed by atoms with van der Waals surface area (Å²) in [5, 5.41) is 2.51. The van der Waals surface area contributed by atoms with Crippen molar-refractivity contribution >= 4 is 43.4 Å². The molecule has 0 bridgehead atoms. The van der Waals surface area contributed by atoms with Gasteiger partial charge >= 0.3 is 15.5 Å². The van der Waals surface area contributed by atoms with Crippen LogP contribution in [0.3, 0.4) is 0 Å². The monoisotopic (exact) mass is 457 g/mol. The molecule has 2 aromatic carbocycles. The summed E-state index contributed by atoms with van der Waals surface area (Å²) in [5.41, 5.74) is -2.94. The number of benzene rings is 2. The molecule has 0 aliphatic rings. The van der Waals surface area contributed by atoms with Crippen molar-refractivity contribution in [2.45, 2.75) is 11.9 Å². The number of carbonyl (C=O) groups excluding carboxylic acids is 2. The number of aromatic nitrogens is 1. The van der Waals surface area contributed by atoms with Gasteiger partial charge in [-0.25, -0.2) is 9.71 Å². The Kier molecular flexibility index (Phi) is 6.08. The fourth-order valence-corrected chi connectivity index (χ4v) is 3.97. The number of nitrogens with zero attached hydrogens (tertiary/aromatic N) is 1. The summed E-state index contributed by atoms with van der Waals surface area (Å²) in [6.45, 7) is -0.919. The van der Waals surface area contributed by atoms with Crippen molar-refractivity contribution in [2.24, 2.45) is 0 Å². The summed E-state index contributed by atoms with van der Waals surface area (Å²) in [4.78, 5) is 27.6. The molecule has 0 saturated carbocycles. The van der Waals surface area contributed by atoms with E-state index in [2.05, 4.69) is 10.3 Å². The maximum absolute atomic E-state index is 12.2. The van der Waals surface area contributed by atoms with Crippen LogP contribution in [-0.4, -0.2) is 37.3 Å². The fourth-order valence-electron chi connectivity index (χ4n) is 2.48. The van der Waals surface area contributed by atoms with E-state index < -0.39 is 33.9 Å². The summed E-state index contributed by atoms with van der Waals surface area (Å²) >= 11 is 1.26. The predicted molar refractivity (Wildman–Crippen MR) is 105 cm³/mol. The summed E-state index contributed by atoms with van der Waals surface area (Å²) in [7, 11) is -5.81. The van der Waals surface area contributed by atoms with E-state index in [0.29, 0.717) is 10.5 Å². The van der Waals surface area contributed by atoms with Crippen LogP contribution in [0.15, 0.2) is 48.5 Å². The lowest BCUT2D eigenvalue weighted by atomic mass is 10.1. The molecule has 2 amide bonds. The minimum atomic E-state index is -5.81. The molecule has 0 saturated heterocycles. The van der Waals surface area contributed by atoms with Crippen LogP contribution in [0.25, 0.3) is 21.3 Å². The first-order valence-electron chi connectivity index (χ1n) is 8.39. The van der Waals surface area contributed by atoms with Gasteiger partial charge in [-0.3, -0.25) is 9.59 Å². The molecule has 0 atom stereocenters. The molecular weight excluding hydrogens is 443 g/mol. The summed E-state index contributed by atoms with van der Waals surface area (Å²) in [5.74, 6) is -2.19. The topological polar surface area (TPSA) is 105 Å². The first kappa shape index (κ1) is 21.7. The molecule has 12 heteroatoms. The van der Waals surface area contributed by atoms with Crippen LogP contribution < -0.4 is 10.0 Å². The van der Waals surface area contributed by atoms with E-state index >= 15 is 0 Å². The van der Waals surface area contributed by atoms with Gasteiger partial charge in [-0.2, -0.15) is 21.6 Å². The van der Waals surface area contributed by atoms with Gasteiger partial charge < -0.3 is 5.32 Å². The molecule has 0 fully saturated rings. The lowest BCUT2D eigenvalue weighted by Gasteiger charge is -2.09. The van der Waals surface area contributed by atoms with Crippen LogP contribution in [0.5, 0.6) is 0 Å². The number of hydrogen-bond acceptors (Lipinski definition) is 6. The molecule has 158 valence electrons. The third kappa shape index (κ3) is 5.13. The van der Waals surface area contributed by atoms with Gasteiger partial charge in [-0.15, -0.1) is 11.3 Å². The Balaban J connectivity index is 1.61. The van der Waals surface area contributed by atoms with Gasteiger partial charge in [0, 0.05) is 0 Å². The zero-order chi connectivity index (χ0) is 21.9. The van der Waals surface area contributed by atoms with E-state index in [0.717, 1.165) is 20.5 Å². The average Bonchev–Trinajstić information content (AvgIpc) is 3.07. The van der Waals surface area contributed by atoms with Crippen LogP contribution in [0.2, 0.25) is 0 Å². The van der Waals surface area contributed by atoms with Gasteiger partial charge in [0.2, 0.25) is 5.91 Å². The normalized spacial score (nSPS) is 12.0. The van der Waals surface area contributed by atoms with E-state index in [9.17, 15) is 31.2 Å². The van der Waals surface area contributed by atoms with E-state index in [4.69, 9.17) is 0 Å². The molecule has 1 aromatic heterocycles. The van der Waals surface area contributed by atoms with Gasteiger partial charge in [-0.05, 0) is 23.3 Å². The van der Waals surface area contributed by atoms with Crippen molar-refractivity contribution in [1.29, 1.82) is 0 Å². The Morgan fingerprint density at radius 2 is 1.70 bits per heavy atom. The number of rotatable bonds is 6. The Morgan fingerprint density at radius 3 is 2.37 bits per heavy atom. The Bertz CT molecular complexity index is 1190. The lowest BCUT2D eigenvalue weighted by molar-refractivity contribution is -0.125. The molecule has 7 nitrogen and oxygen atoms in total. The van der Waals surface area contributed by atoms with Gasteiger partial charge in [0.05, 0.1) is 23.2 Å². The predicted octanol–water partition coefficient (Wildman–Crippen LogP) is 2.59. The highest BCUT2D eigenvalue weighted by Crippen LogP contribution is 2.28. The highest BCUT2D eigenvalue weighted by molar-refractivity contribution is 7.90. The standard InChI is InChI=1S/C18H14F3N3O4S2/c19-18(20,21)30(27,28)24-16(26)10-22-15(25)9-17-23-13-7-6-12(8-14(13)29-17)11-4-2-1-3-5-11/h1-8H,9-10H2,(H,22,25)(H,24,26). The molecule has 0 unspecified atom stereocenters. The zero-order valence-corrected chi connectivity index (χ0v) is 16.7. The van der Waals surface area contributed by atoms with Gasteiger partial charge in [-0.1, -0.05) is 36.4 Å². The largest absolute Gasteiger partial charge is 0.516 e. The SMILES string of the molecule is O=C(Cc1nc2ccc(-c3ccccc3)cc2s1)NCC(=O)NS(=O)(=O)C(F)(F)F. The number of fused-ring (bicyclic) bond motifs is 1. The quantitative estimate of drug-likeness (QED) is 0.592. The van der Waals surface area contributed by atoms with Gasteiger partial charge in [0.15, 0.2) is 0 Å². The van der Waals surface area contributed by atoms with Crippen molar-refractivity contribution in [3.63, 3.8) is 0 Å². The van der Waals surface area contributed by atoms with Crippen LogP contribution in [0.4, 0.5) is 13.2 Å². The van der Waals surface area contributed by atoms with Crippen LogP contribution in [0, 0.1) is 0 Å². The van der Waals surface area contributed by atoms with Crippen LogP contribution in [0.1, 0.15) is 5.01 Å². The minimum absolute atomic E-state index is 0.209. The molecule has 1 heterocycles. The molecule has 3 aromatic rings. The number of halogens is 3. The fraction of sp³-hybridized carbons (Fsp3) is 0.167. The summed E-state index contributed by atoms with van der Waals surface area (Å²) in [6, 6.07) is 15.3. The van der Waals surface area contributed by atoms with Crippen molar-refractivity contribution in [2.75, 3.05) is 6.54 Å². The van der Waals surface area contributed by atoms with Crippen molar-refractivity contribution in [3.8, 4) is 11.1 Å². The molecule has 30 heavy (non-hydrogen) atoms. The first-order chi connectivity index (χ1) is 14.0. The number of hydrogen-bond donors (Lipinski definition) is 2. The van der Waals surface area contributed by atoms with Crippen LogP contribution >= 0.6 is 11.3 Å². The summed E-state index contributed by atoms with van der Waals surface area (Å²) in [6.07, 6.45) is -0.209. The number of thiazole rings is 1. The van der Waals surface area contributed by atoms with E-state index in [1.54, 1.807) is 0 Å². The van der Waals surface area contributed by atoms with E-state index in [1.165, 1.54) is 11.3 Å². The number of alkyl halides is 3. The number of nitrogens with one attached hydrogen (secondary N) is 2. The second kappa shape index (κ2) is 8.40. The Labute approximate surface area is 173 Å². The van der Waals surface area contributed by atoms with E-state index in [-0.39, 0.29) is 6.42 Å². The number of carbonyl (C=O) groups is 2. The highest BCUT2D eigenvalue weighted by atomic mass is 32.2. The number of sulfonamides is 1. The smallest absolute Gasteiger partial charge is 0.347 e. The molecule has 3 rings (SSSR count). The Morgan fingerprint density at radius 1 is 1.00 bits per heavy atom. The third-order valence-corrected chi connectivity index (χ3v) is 5.97. The highest BCUT2D eigenvalue weighted by Gasteiger charge is 2.46. The summed E-state index contributed by atoms with van der Waals surface area (Å²) < 4.78 is 60.0. The maximum atomic E-state index is 12.2. The minimum Gasteiger partial charge on any atom is -0.347 e. The third-order valence-electron chi connectivity index (χ3n) is 3.85. The maximum Gasteiger partial charge on any atom is 0.516 e. The molecule has 0 aliphatic carbocycles.